The summed E-state index contributed by atoms with van der Waals surface area (Å²) < 4.78 is 15.6. The first-order valence-electron chi connectivity index (χ1n) is 7.37. The first-order valence-corrected chi connectivity index (χ1v) is 7.37. The quantitative estimate of drug-likeness (QED) is 0.446. The first kappa shape index (κ1) is 17.7. The van der Waals surface area contributed by atoms with E-state index in [-0.39, 0.29) is 41.8 Å². The molecule has 0 spiro atoms. The van der Waals surface area contributed by atoms with Crippen LogP contribution >= 0.6 is 24.0 Å². The van der Waals surface area contributed by atoms with Gasteiger partial charge >= 0.3 is 0 Å². The molecule has 0 amide bonds. The summed E-state index contributed by atoms with van der Waals surface area (Å²) in [5.41, 5.74) is 1.85. The van der Waals surface area contributed by atoms with Gasteiger partial charge in [0.25, 0.3) is 0 Å². The van der Waals surface area contributed by atoms with Crippen LogP contribution in [0.15, 0.2) is 41.5 Å². The second kappa shape index (κ2) is 7.76. The van der Waals surface area contributed by atoms with Gasteiger partial charge in [-0.1, -0.05) is 18.2 Å². The minimum atomic E-state index is -0.130. The molecule has 3 rings (SSSR count). The number of nitrogens with zero attached hydrogens (tertiary/aromatic N) is 3. The smallest absolute Gasteiger partial charge is 0.191 e. The molecule has 124 valence electrons. The van der Waals surface area contributed by atoms with E-state index in [4.69, 9.17) is 0 Å². The molecule has 0 saturated heterocycles. The van der Waals surface area contributed by atoms with E-state index >= 15 is 0 Å². The van der Waals surface area contributed by atoms with Gasteiger partial charge in [0, 0.05) is 32.3 Å². The molecule has 7 heteroatoms. The minimum absolute atomic E-state index is 0. The zero-order valence-corrected chi connectivity index (χ0v) is 15.5. The van der Waals surface area contributed by atoms with Gasteiger partial charge in [0.05, 0.1) is 12.2 Å². The molecule has 2 N–H and O–H groups in total. The van der Waals surface area contributed by atoms with Crippen molar-refractivity contribution >= 4 is 29.9 Å². The average Bonchev–Trinajstić information content (AvgIpc) is 3.16. The topological polar surface area (TPSA) is 54.2 Å². The van der Waals surface area contributed by atoms with Gasteiger partial charge in [0.15, 0.2) is 5.96 Å². The Balaban J connectivity index is 0.00000192. The maximum atomic E-state index is 13.8. The van der Waals surface area contributed by atoms with Crippen LogP contribution in [0.5, 0.6) is 0 Å². The number of aliphatic imine (C=N–C) groups is 1. The third-order valence-electron chi connectivity index (χ3n) is 4.00. The van der Waals surface area contributed by atoms with Crippen LogP contribution in [0.2, 0.25) is 0 Å². The monoisotopic (exact) mass is 429 g/mol. The average molecular weight is 429 g/mol. The van der Waals surface area contributed by atoms with Crippen LogP contribution in [0.3, 0.4) is 0 Å². The van der Waals surface area contributed by atoms with E-state index < -0.39 is 0 Å². The summed E-state index contributed by atoms with van der Waals surface area (Å²) >= 11 is 0. The maximum Gasteiger partial charge on any atom is 0.191 e. The van der Waals surface area contributed by atoms with E-state index in [9.17, 15) is 4.39 Å². The molecule has 0 radical (unpaired) electrons. The van der Waals surface area contributed by atoms with Crippen molar-refractivity contribution < 1.29 is 4.39 Å². The van der Waals surface area contributed by atoms with Crippen molar-refractivity contribution in [3.63, 3.8) is 0 Å². The van der Waals surface area contributed by atoms with Crippen LogP contribution < -0.4 is 10.6 Å². The summed E-state index contributed by atoms with van der Waals surface area (Å²) in [6.45, 7) is 0.646. The van der Waals surface area contributed by atoms with Crippen LogP contribution in [0.1, 0.15) is 23.6 Å². The summed E-state index contributed by atoms with van der Waals surface area (Å²) in [4.78, 5) is 4.22. The number of halogens is 2. The van der Waals surface area contributed by atoms with E-state index in [0.717, 1.165) is 23.6 Å². The molecule has 2 atom stereocenters. The number of aryl methyl sites for hydroxylation is 1. The molecule has 5 nitrogen and oxygen atoms in total. The van der Waals surface area contributed by atoms with Crippen molar-refractivity contribution in [3.05, 3.63) is 53.6 Å². The predicted octanol–water partition coefficient (Wildman–Crippen LogP) is 2.40. The van der Waals surface area contributed by atoms with E-state index in [1.807, 2.05) is 29.9 Å². The summed E-state index contributed by atoms with van der Waals surface area (Å²) in [6, 6.07) is 9.16. The molecule has 1 aromatic heterocycles. The van der Waals surface area contributed by atoms with Gasteiger partial charge in [-0.2, -0.15) is 5.10 Å². The Morgan fingerprint density at radius 3 is 2.83 bits per heavy atom. The van der Waals surface area contributed by atoms with Gasteiger partial charge in [-0.15, -0.1) is 24.0 Å². The van der Waals surface area contributed by atoms with Crippen LogP contribution in [0.25, 0.3) is 0 Å². The highest BCUT2D eigenvalue weighted by Gasteiger charge is 2.40. The van der Waals surface area contributed by atoms with Crippen molar-refractivity contribution in [2.45, 2.75) is 24.9 Å². The molecule has 1 heterocycles. The molecule has 1 aromatic carbocycles. The highest BCUT2D eigenvalue weighted by molar-refractivity contribution is 14.0. The van der Waals surface area contributed by atoms with Crippen molar-refractivity contribution in [2.24, 2.45) is 12.0 Å². The zero-order chi connectivity index (χ0) is 15.5. The van der Waals surface area contributed by atoms with Crippen molar-refractivity contribution in [2.75, 3.05) is 7.05 Å². The predicted molar refractivity (Wildman–Crippen MR) is 99.5 cm³/mol. The number of rotatable bonds is 4. The van der Waals surface area contributed by atoms with Gasteiger partial charge in [-0.3, -0.25) is 9.67 Å². The lowest BCUT2D eigenvalue weighted by Gasteiger charge is -2.12. The Labute approximate surface area is 152 Å². The highest BCUT2D eigenvalue weighted by atomic mass is 127. The Morgan fingerprint density at radius 1 is 1.39 bits per heavy atom. The number of hydrogen-bond donors (Lipinski definition) is 2. The van der Waals surface area contributed by atoms with Gasteiger partial charge in [-0.05, 0) is 24.1 Å². The van der Waals surface area contributed by atoms with Gasteiger partial charge in [0.1, 0.15) is 5.82 Å². The van der Waals surface area contributed by atoms with Crippen LogP contribution in [0, 0.1) is 5.82 Å². The Hall–Kier alpha value is -1.64. The second-order valence-corrected chi connectivity index (χ2v) is 5.49. The molecule has 23 heavy (non-hydrogen) atoms. The second-order valence-electron chi connectivity index (χ2n) is 5.49. The molecule has 0 bridgehead atoms. The van der Waals surface area contributed by atoms with E-state index in [1.54, 1.807) is 19.3 Å². The Kier molecular flexibility index (Phi) is 5.97. The summed E-state index contributed by atoms with van der Waals surface area (Å²) in [7, 11) is 3.64. The number of aromatic nitrogens is 2. The standard InChI is InChI=1S/C16H20FN5.HI/c1-18-16(19-10-11-7-8-20-22(11)2)21-15-9-13(15)12-5-3-4-6-14(12)17;/h3-8,13,15H,9-10H2,1-2H3,(H2,18,19,21);1H. The molecular weight excluding hydrogens is 408 g/mol. The summed E-state index contributed by atoms with van der Waals surface area (Å²) in [5.74, 6) is 0.816. The molecule has 1 aliphatic carbocycles. The number of guanidine groups is 1. The fourth-order valence-corrected chi connectivity index (χ4v) is 2.59. The molecule has 1 fully saturated rings. The van der Waals surface area contributed by atoms with Gasteiger partial charge < -0.3 is 10.6 Å². The van der Waals surface area contributed by atoms with Gasteiger partial charge in [0.2, 0.25) is 0 Å². The summed E-state index contributed by atoms with van der Waals surface area (Å²) in [6.07, 6.45) is 2.69. The number of nitrogens with one attached hydrogen (secondary N) is 2. The third-order valence-corrected chi connectivity index (χ3v) is 4.00. The lowest BCUT2D eigenvalue weighted by atomic mass is 10.1. The van der Waals surface area contributed by atoms with Crippen molar-refractivity contribution in [1.29, 1.82) is 0 Å². The number of hydrogen-bond acceptors (Lipinski definition) is 2. The lowest BCUT2D eigenvalue weighted by Crippen LogP contribution is -2.39. The van der Waals surface area contributed by atoms with Crippen molar-refractivity contribution in [3.8, 4) is 0 Å². The van der Waals surface area contributed by atoms with E-state index in [2.05, 4.69) is 20.7 Å². The number of benzene rings is 1. The molecule has 1 saturated carbocycles. The Morgan fingerprint density at radius 2 is 2.17 bits per heavy atom. The molecule has 1 aliphatic rings. The van der Waals surface area contributed by atoms with E-state index in [1.165, 1.54) is 6.07 Å². The summed E-state index contributed by atoms with van der Waals surface area (Å²) in [5, 5.41) is 10.7. The first-order chi connectivity index (χ1) is 10.7. The minimum Gasteiger partial charge on any atom is -0.353 e. The van der Waals surface area contributed by atoms with Crippen LogP contribution in [-0.4, -0.2) is 28.8 Å². The van der Waals surface area contributed by atoms with Crippen LogP contribution in [-0.2, 0) is 13.6 Å². The molecule has 0 aliphatic heterocycles. The largest absolute Gasteiger partial charge is 0.353 e. The fourth-order valence-electron chi connectivity index (χ4n) is 2.59. The zero-order valence-electron chi connectivity index (χ0n) is 13.2. The Bertz CT molecular complexity index is 685. The lowest BCUT2D eigenvalue weighted by molar-refractivity contribution is 0.607. The molecular formula is C16H21FIN5. The van der Waals surface area contributed by atoms with Crippen molar-refractivity contribution in [1.82, 2.24) is 20.4 Å². The normalized spacial score (nSPS) is 19.9. The van der Waals surface area contributed by atoms with Crippen LogP contribution in [0.4, 0.5) is 4.39 Å². The fraction of sp³-hybridized carbons (Fsp3) is 0.375. The molecule has 2 unspecified atom stereocenters. The van der Waals surface area contributed by atoms with E-state index in [0.29, 0.717) is 6.54 Å². The molecule has 2 aromatic rings. The van der Waals surface area contributed by atoms with Gasteiger partial charge in [-0.25, -0.2) is 4.39 Å². The highest BCUT2D eigenvalue weighted by Crippen LogP contribution is 2.41. The maximum absolute atomic E-state index is 13.8. The SMILES string of the molecule is CN=C(NCc1ccnn1C)NC1CC1c1ccccc1F.I. The third kappa shape index (κ3) is 4.21.